The number of fused-ring (bicyclic) bond motifs is 1. The number of pyridine rings is 1. The van der Waals surface area contributed by atoms with Gasteiger partial charge < -0.3 is 5.32 Å². The Morgan fingerprint density at radius 1 is 1.04 bits per heavy atom. The summed E-state index contributed by atoms with van der Waals surface area (Å²) in [6.07, 6.45) is 3.73. The van der Waals surface area contributed by atoms with Crippen LogP contribution in [-0.4, -0.2) is 15.2 Å². The van der Waals surface area contributed by atoms with Crippen LogP contribution in [0.5, 0.6) is 0 Å². The summed E-state index contributed by atoms with van der Waals surface area (Å²) >= 11 is 6.31. The molecule has 0 bridgehead atoms. The van der Waals surface area contributed by atoms with E-state index < -0.39 is 0 Å². The van der Waals surface area contributed by atoms with Gasteiger partial charge in [-0.1, -0.05) is 60.4 Å². The van der Waals surface area contributed by atoms with Crippen LogP contribution in [0.4, 0.5) is 0 Å². The predicted molar refractivity (Wildman–Crippen MR) is 103 cm³/mol. The first-order valence-electron chi connectivity index (χ1n) is 7.39. The largest absolute Gasteiger partial charge is 0.307 e. The van der Waals surface area contributed by atoms with Crippen LogP contribution in [0.3, 0.4) is 0 Å². The van der Waals surface area contributed by atoms with E-state index in [0.29, 0.717) is 9.23 Å². The minimum Gasteiger partial charge on any atom is -0.307 e. The molecule has 2 aromatic carbocycles. The smallest absolute Gasteiger partial charge is 0.263 e. The minimum absolute atomic E-state index is 0.136. The number of carbonyl (C=O) groups excluding carboxylic acids is 1. The molecule has 1 aromatic heterocycles. The second kappa shape index (κ2) is 6.19. The Morgan fingerprint density at radius 2 is 1.92 bits per heavy atom. The summed E-state index contributed by atoms with van der Waals surface area (Å²) in [5.74, 6) is -0.136. The number of amides is 1. The summed E-state index contributed by atoms with van der Waals surface area (Å²) < 4.78 is 0.501. The number of hydrogen-bond donors (Lipinski definition) is 1. The van der Waals surface area contributed by atoms with E-state index in [1.54, 1.807) is 0 Å². The van der Waals surface area contributed by atoms with Gasteiger partial charge in [0, 0.05) is 17.1 Å². The second-order valence-electron chi connectivity index (χ2n) is 5.39. The molecule has 0 spiro atoms. The monoisotopic (exact) mass is 348 g/mol. The number of thiocarbonyl (C=S) groups is 1. The molecule has 3 aromatic rings. The highest BCUT2D eigenvalue weighted by atomic mass is 32.2. The van der Waals surface area contributed by atoms with Gasteiger partial charge in [0.15, 0.2) is 0 Å². The molecule has 2 heterocycles. The van der Waals surface area contributed by atoms with Crippen molar-refractivity contribution in [3.05, 3.63) is 71.3 Å². The molecule has 116 valence electrons. The van der Waals surface area contributed by atoms with Crippen LogP contribution < -0.4 is 5.32 Å². The number of nitrogens with zero attached hydrogens (tertiary/aromatic N) is 1. The van der Waals surface area contributed by atoms with Crippen molar-refractivity contribution in [3.63, 3.8) is 0 Å². The van der Waals surface area contributed by atoms with Crippen LogP contribution in [0.2, 0.25) is 0 Å². The Labute approximate surface area is 148 Å². The summed E-state index contributed by atoms with van der Waals surface area (Å²) in [4.78, 5) is 16.9. The van der Waals surface area contributed by atoms with E-state index >= 15 is 0 Å². The van der Waals surface area contributed by atoms with E-state index in [2.05, 4.69) is 22.4 Å². The maximum Gasteiger partial charge on any atom is 0.263 e. The maximum atomic E-state index is 11.8. The average molecular weight is 348 g/mol. The number of hydrogen-bond acceptors (Lipinski definition) is 4. The molecule has 1 amide bonds. The van der Waals surface area contributed by atoms with Crippen LogP contribution in [0.1, 0.15) is 5.56 Å². The fourth-order valence-corrected chi connectivity index (χ4v) is 3.65. The summed E-state index contributed by atoms with van der Waals surface area (Å²) in [6, 6.07) is 18.2. The first-order chi connectivity index (χ1) is 11.7. The third kappa shape index (κ3) is 2.96. The Morgan fingerprint density at radius 3 is 2.75 bits per heavy atom. The maximum absolute atomic E-state index is 11.8. The molecular weight excluding hydrogens is 336 g/mol. The zero-order valence-electron chi connectivity index (χ0n) is 12.5. The molecule has 4 rings (SSSR count). The van der Waals surface area contributed by atoms with Gasteiger partial charge >= 0.3 is 0 Å². The predicted octanol–water partition coefficient (Wildman–Crippen LogP) is 4.39. The van der Waals surface area contributed by atoms with Gasteiger partial charge in [-0.3, -0.25) is 9.78 Å². The number of rotatable bonds is 2. The highest BCUT2D eigenvalue weighted by Crippen LogP contribution is 2.28. The van der Waals surface area contributed by atoms with Gasteiger partial charge in [-0.05, 0) is 35.4 Å². The Balaban J connectivity index is 1.72. The number of benzene rings is 2. The van der Waals surface area contributed by atoms with E-state index in [0.717, 1.165) is 27.6 Å². The van der Waals surface area contributed by atoms with Gasteiger partial charge in [0.1, 0.15) is 4.32 Å². The molecule has 0 saturated carbocycles. The lowest BCUT2D eigenvalue weighted by Crippen LogP contribution is -2.17. The summed E-state index contributed by atoms with van der Waals surface area (Å²) in [5, 5.41) is 3.74. The van der Waals surface area contributed by atoms with Gasteiger partial charge in [0.25, 0.3) is 5.91 Å². The van der Waals surface area contributed by atoms with Gasteiger partial charge in [-0.2, -0.15) is 0 Å². The van der Waals surface area contributed by atoms with Gasteiger partial charge in [-0.25, -0.2) is 0 Å². The Kier molecular flexibility index (Phi) is 3.88. The molecule has 1 N–H and O–H groups in total. The topological polar surface area (TPSA) is 42.0 Å². The highest BCUT2D eigenvalue weighted by Gasteiger charge is 2.21. The number of para-hydroxylation sites is 1. The van der Waals surface area contributed by atoms with Gasteiger partial charge in [0.2, 0.25) is 0 Å². The molecule has 3 nitrogen and oxygen atoms in total. The third-order valence-corrected chi connectivity index (χ3v) is 4.91. The fraction of sp³-hybridized carbons (Fsp3) is 0. The first kappa shape index (κ1) is 15.1. The normalized spacial score (nSPS) is 15.9. The van der Waals surface area contributed by atoms with E-state index in [4.69, 9.17) is 12.2 Å². The number of aromatic nitrogens is 1. The van der Waals surface area contributed by atoms with E-state index in [1.165, 1.54) is 11.8 Å². The standard InChI is InChI=1S/C19H12N2OS2/c22-18-17(24-19(23)21-18)9-12-4-3-6-13(8-12)15-10-14-5-1-2-7-16(14)20-11-15/h1-11H,(H,21,22,23). The van der Waals surface area contributed by atoms with Crippen molar-refractivity contribution >= 4 is 51.2 Å². The van der Waals surface area contributed by atoms with Crippen LogP contribution in [0, 0.1) is 0 Å². The lowest BCUT2D eigenvalue weighted by Gasteiger charge is -2.05. The zero-order valence-corrected chi connectivity index (χ0v) is 14.2. The van der Waals surface area contributed by atoms with E-state index in [-0.39, 0.29) is 5.91 Å². The molecule has 1 aliphatic rings. The summed E-state index contributed by atoms with van der Waals surface area (Å²) in [6.45, 7) is 0. The number of carbonyl (C=O) groups is 1. The van der Waals surface area contributed by atoms with E-state index in [9.17, 15) is 4.79 Å². The van der Waals surface area contributed by atoms with Crippen LogP contribution in [-0.2, 0) is 4.79 Å². The van der Waals surface area contributed by atoms with Crippen molar-refractivity contribution in [3.8, 4) is 11.1 Å². The highest BCUT2D eigenvalue weighted by molar-refractivity contribution is 8.26. The first-order valence-corrected chi connectivity index (χ1v) is 8.62. The fourth-order valence-electron chi connectivity index (χ4n) is 2.61. The summed E-state index contributed by atoms with van der Waals surface area (Å²) in [7, 11) is 0. The van der Waals surface area contributed by atoms with Gasteiger partial charge in [-0.15, -0.1) is 0 Å². The van der Waals surface area contributed by atoms with Crippen LogP contribution in [0.25, 0.3) is 28.1 Å². The molecule has 5 heteroatoms. The van der Waals surface area contributed by atoms with Crippen molar-refractivity contribution in [2.24, 2.45) is 0 Å². The SMILES string of the molecule is O=C1NC(=S)SC1=Cc1cccc(-c2cnc3ccccc3c2)c1. The average Bonchev–Trinajstić information content (AvgIpc) is 2.92. The van der Waals surface area contributed by atoms with Crippen LogP contribution in [0.15, 0.2) is 65.7 Å². The number of thioether (sulfide) groups is 1. The molecule has 0 aliphatic carbocycles. The van der Waals surface area contributed by atoms with Crippen molar-refractivity contribution in [2.45, 2.75) is 0 Å². The van der Waals surface area contributed by atoms with Crippen molar-refractivity contribution in [1.82, 2.24) is 10.3 Å². The Bertz CT molecular complexity index is 1010. The molecular formula is C19H12N2OS2. The second-order valence-corrected chi connectivity index (χ2v) is 7.11. The molecule has 0 unspecified atom stereocenters. The quantitative estimate of drug-likeness (QED) is 0.551. The third-order valence-electron chi connectivity index (χ3n) is 3.75. The van der Waals surface area contributed by atoms with Crippen molar-refractivity contribution in [1.29, 1.82) is 0 Å². The minimum atomic E-state index is -0.136. The summed E-state index contributed by atoms with van der Waals surface area (Å²) in [5.41, 5.74) is 4.05. The lowest BCUT2D eigenvalue weighted by atomic mass is 10.0. The zero-order chi connectivity index (χ0) is 16.5. The Hall–Kier alpha value is -2.50. The van der Waals surface area contributed by atoms with Gasteiger partial charge in [0.05, 0.1) is 10.4 Å². The lowest BCUT2D eigenvalue weighted by molar-refractivity contribution is -0.115. The molecule has 1 fully saturated rings. The van der Waals surface area contributed by atoms with Crippen molar-refractivity contribution in [2.75, 3.05) is 0 Å². The molecule has 24 heavy (non-hydrogen) atoms. The molecule has 0 radical (unpaired) electrons. The molecule has 0 atom stereocenters. The number of nitrogens with one attached hydrogen (secondary N) is 1. The van der Waals surface area contributed by atoms with E-state index in [1.807, 2.05) is 54.7 Å². The van der Waals surface area contributed by atoms with Crippen molar-refractivity contribution < 1.29 is 4.79 Å². The molecule has 1 saturated heterocycles. The molecule has 1 aliphatic heterocycles. The van der Waals surface area contributed by atoms with Crippen LogP contribution >= 0.6 is 24.0 Å².